The number of hydrogen-bond donors (Lipinski definition) is 0. The van der Waals surface area contributed by atoms with Crippen LogP contribution in [-0.4, -0.2) is 22.2 Å². The first-order valence-corrected chi connectivity index (χ1v) is 8.16. The highest BCUT2D eigenvalue weighted by Crippen LogP contribution is 2.49. The molecule has 0 aliphatic carbocycles. The molecule has 0 N–H and O–H groups in total. The molecule has 0 spiro atoms. The SMILES string of the molecule is CCC(C1CCCSC(C)(C)C1)C1OC1(C)C. The molecule has 2 fully saturated rings. The maximum absolute atomic E-state index is 5.91. The van der Waals surface area contributed by atoms with E-state index < -0.39 is 0 Å². The molecule has 0 bridgehead atoms. The van der Waals surface area contributed by atoms with E-state index in [1.807, 2.05) is 0 Å². The van der Waals surface area contributed by atoms with Crippen molar-refractivity contribution in [1.29, 1.82) is 0 Å². The van der Waals surface area contributed by atoms with Crippen molar-refractivity contribution in [2.24, 2.45) is 11.8 Å². The average molecular weight is 256 g/mol. The average Bonchev–Trinajstić information content (AvgIpc) is 2.86. The lowest BCUT2D eigenvalue weighted by molar-refractivity contribution is 0.209. The summed E-state index contributed by atoms with van der Waals surface area (Å²) >= 11 is 2.16. The number of ether oxygens (including phenoxy) is 1. The number of epoxide rings is 1. The van der Waals surface area contributed by atoms with Gasteiger partial charge in [0.15, 0.2) is 0 Å². The van der Waals surface area contributed by atoms with Crippen LogP contribution >= 0.6 is 11.8 Å². The summed E-state index contributed by atoms with van der Waals surface area (Å²) in [6, 6.07) is 0. The minimum atomic E-state index is 0.157. The molecule has 2 heteroatoms. The number of rotatable bonds is 3. The summed E-state index contributed by atoms with van der Waals surface area (Å²) in [6.07, 6.45) is 5.97. The Morgan fingerprint density at radius 1 is 1.29 bits per heavy atom. The zero-order valence-corrected chi connectivity index (χ0v) is 12.9. The zero-order valence-electron chi connectivity index (χ0n) is 12.1. The highest BCUT2D eigenvalue weighted by Gasteiger charge is 2.53. The normalized spacial score (nSPS) is 37.2. The van der Waals surface area contributed by atoms with Gasteiger partial charge < -0.3 is 4.74 Å². The van der Waals surface area contributed by atoms with Crippen molar-refractivity contribution in [2.45, 2.75) is 76.8 Å². The first-order chi connectivity index (χ1) is 7.86. The van der Waals surface area contributed by atoms with Crippen molar-refractivity contribution in [3.05, 3.63) is 0 Å². The fourth-order valence-corrected chi connectivity index (χ4v) is 4.74. The Bertz CT molecular complexity index is 272. The summed E-state index contributed by atoms with van der Waals surface area (Å²) in [6.45, 7) is 11.7. The molecule has 1 nitrogen and oxygen atoms in total. The van der Waals surface area contributed by atoms with Crippen molar-refractivity contribution in [3.8, 4) is 0 Å². The molecule has 0 radical (unpaired) electrons. The minimum Gasteiger partial charge on any atom is -0.366 e. The molecule has 17 heavy (non-hydrogen) atoms. The maximum atomic E-state index is 5.91. The van der Waals surface area contributed by atoms with E-state index in [0.29, 0.717) is 10.9 Å². The molecule has 2 heterocycles. The van der Waals surface area contributed by atoms with Crippen LogP contribution in [0.2, 0.25) is 0 Å². The summed E-state index contributed by atoms with van der Waals surface area (Å²) in [5.74, 6) is 2.99. The largest absolute Gasteiger partial charge is 0.366 e. The van der Waals surface area contributed by atoms with Crippen LogP contribution in [0.1, 0.15) is 60.3 Å². The van der Waals surface area contributed by atoms with Crippen LogP contribution in [0, 0.1) is 11.8 Å². The Balaban J connectivity index is 2.03. The van der Waals surface area contributed by atoms with Gasteiger partial charge in [0.2, 0.25) is 0 Å². The summed E-state index contributed by atoms with van der Waals surface area (Å²) < 4.78 is 6.38. The first-order valence-electron chi connectivity index (χ1n) is 7.17. The predicted molar refractivity (Wildman–Crippen MR) is 76.6 cm³/mol. The molecule has 0 amide bonds. The van der Waals surface area contributed by atoms with Crippen molar-refractivity contribution >= 4 is 11.8 Å². The molecular formula is C15H28OS. The second kappa shape index (κ2) is 4.77. The highest BCUT2D eigenvalue weighted by atomic mass is 32.2. The van der Waals surface area contributed by atoms with Crippen molar-refractivity contribution in [2.75, 3.05) is 5.75 Å². The van der Waals surface area contributed by atoms with Gasteiger partial charge in [0.25, 0.3) is 0 Å². The van der Waals surface area contributed by atoms with E-state index >= 15 is 0 Å². The van der Waals surface area contributed by atoms with E-state index in [0.717, 1.165) is 11.8 Å². The lowest BCUT2D eigenvalue weighted by atomic mass is 9.77. The number of thioether (sulfide) groups is 1. The lowest BCUT2D eigenvalue weighted by Gasteiger charge is -2.30. The van der Waals surface area contributed by atoms with Gasteiger partial charge >= 0.3 is 0 Å². The van der Waals surface area contributed by atoms with E-state index in [-0.39, 0.29) is 5.60 Å². The van der Waals surface area contributed by atoms with Crippen molar-refractivity contribution in [3.63, 3.8) is 0 Å². The Labute approximate surface area is 111 Å². The van der Waals surface area contributed by atoms with Gasteiger partial charge in [-0.3, -0.25) is 0 Å². The lowest BCUT2D eigenvalue weighted by Crippen LogP contribution is -2.28. The van der Waals surface area contributed by atoms with E-state index in [9.17, 15) is 0 Å². The van der Waals surface area contributed by atoms with Gasteiger partial charge in [-0.1, -0.05) is 27.2 Å². The van der Waals surface area contributed by atoms with Crippen LogP contribution in [0.25, 0.3) is 0 Å². The Hall–Kier alpha value is 0.310. The molecule has 0 aromatic carbocycles. The predicted octanol–water partition coefficient (Wildman–Crippen LogP) is 4.50. The summed E-state index contributed by atoms with van der Waals surface area (Å²) in [4.78, 5) is 0. The van der Waals surface area contributed by atoms with E-state index in [1.54, 1.807) is 0 Å². The summed E-state index contributed by atoms with van der Waals surface area (Å²) in [5, 5.41) is 0. The molecular weight excluding hydrogens is 228 g/mol. The van der Waals surface area contributed by atoms with Crippen LogP contribution in [0.5, 0.6) is 0 Å². The molecule has 2 saturated heterocycles. The zero-order chi connectivity index (χ0) is 12.7. The molecule has 3 atom stereocenters. The van der Waals surface area contributed by atoms with Crippen LogP contribution in [0.3, 0.4) is 0 Å². The Kier molecular flexibility index (Phi) is 3.85. The molecule has 2 aliphatic heterocycles. The third-order valence-corrected chi connectivity index (χ3v) is 5.93. The second-order valence-corrected chi connectivity index (χ2v) is 8.73. The summed E-state index contributed by atoms with van der Waals surface area (Å²) in [5.41, 5.74) is 0.157. The fourth-order valence-electron chi connectivity index (χ4n) is 3.54. The smallest absolute Gasteiger partial charge is 0.0898 e. The minimum absolute atomic E-state index is 0.157. The number of hydrogen-bond acceptors (Lipinski definition) is 2. The quantitative estimate of drug-likeness (QED) is 0.689. The third kappa shape index (κ3) is 3.20. The van der Waals surface area contributed by atoms with Crippen molar-refractivity contribution in [1.82, 2.24) is 0 Å². The molecule has 0 saturated carbocycles. The van der Waals surface area contributed by atoms with E-state index in [1.165, 1.54) is 31.4 Å². The van der Waals surface area contributed by atoms with Crippen LogP contribution < -0.4 is 0 Å². The molecule has 0 aromatic heterocycles. The second-order valence-electron chi connectivity index (χ2n) is 6.93. The van der Waals surface area contributed by atoms with Gasteiger partial charge in [0.1, 0.15) is 0 Å². The maximum Gasteiger partial charge on any atom is 0.0898 e. The molecule has 0 aromatic rings. The first kappa shape index (κ1) is 13.7. The van der Waals surface area contributed by atoms with Gasteiger partial charge in [0.05, 0.1) is 11.7 Å². The molecule has 100 valence electrons. The van der Waals surface area contributed by atoms with Gasteiger partial charge in [-0.2, -0.15) is 11.8 Å². The monoisotopic (exact) mass is 256 g/mol. The van der Waals surface area contributed by atoms with Crippen LogP contribution in [0.15, 0.2) is 0 Å². The fraction of sp³-hybridized carbons (Fsp3) is 1.00. The Morgan fingerprint density at radius 3 is 2.47 bits per heavy atom. The topological polar surface area (TPSA) is 12.5 Å². The van der Waals surface area contributed by atoms with Crippen molar-refractivity contribution < 1.29 is 4.74 Å². The highest BCUT2D eigenvalue weighted by molar-refractivity contribution is 8.00. The Morgan fingerprint density at radius 2 is 1.94 bits per heavy atom. The third-order valence-electron chi connectivity index (χ3n) is 4.49. The van der Waals surface area contributed by atoms with Crippen LogP contribution in [0.4, 0.5) is 0 Å². The van der Waals surface area contributed by atoms with Crippen LogP contribution in [-0.2, 0) is 4.74 Å². The molecule has 3 unspecified atom stereocenters. The van der Waals surface area contributed by atoms with E-state index in [2.05, 4.69) is 46.4 Å². The molecule has 2 aliphatic rings. The summed E-state index contributed by atoms with van der Waals surface area (Å²) in [7, 11) is 0. The van der Waals surface area contributed by atoms with E-state index in [4.69, 9.17) is 4.74 Å². The molecule has 2 rings (SSSR count). The van der Waals surface area contributed by atoms with Gasteiger partial charge in [-0.05, 0) is 50.7 Å². The van der Waals surface area contributed by atoms with Gasteiger partial charge in [0, 0.05) is 4.75 Å². The van der Waals surface area contributed by atoms with Gasteiger partial charge in [-0.15, -0.1) is 0 Å². The standard InChI is InChI=1S/C15H28OS/c1-6-12(13-15(4,5)16-13)11-8-7-9-17-14(2,3)10-11/h11-13H,6-10H2,1-5H3. The van der Waals surface area contributed by atoms with Gasteiger partial charge in [-0.25, -0.2) is 0 Å².